The first-order chi connectivity index (χ1) is 9.90. The number of carbonyl (C=O) groups is 1. The Morgan fingerprint density at radius 1 is 1.48 bits per heavy atom. The zero-order chi connectivity index (χ0) is 15.5. The lowest BCUT2D eigenvalue weighted by molar-refractivity contribution is 0.107. The lowest BCUT2D eigenvalue weighted by atomic mass is 10.1. The third kappa shape index (κ3) is 4.17. The van der Waals surface area contributed by atoms with Crippen LogP contribution in [-0.2, 0) is 16.8 Å². The number of nitrogens with zero attached hydrogens (tertiary/aromatic N) is 3. The quantitative estimate of drug-likeness (QED) is 0.880. The molecule has 0 bridgehead atoms. The topological polar surface area (TPSA) is 81.1 Å². The molecular weight excluding hydrogens is 270 g/mol. The number of methoxy groups -OCH3 is 1. The van der Waals surface area contributed by atoms with Crippen molar-refractivity contribution in [3.05, 3.63) is 12.2 Å². The molecule has 0 saturated heterocycles. The number of urea groups is 1. The van der Waals surface area contributed by atoms with Gasteiger partial charge in [-0.15, -0.1) is 0 Å². The Morgan fingerprint density at radius 3 is 2.86 bits per heavy atom. The molecule has 1 fully saturated rings. The van der Waals surface area contributed by atoms with Gasteiger partial charge in [0.1, 0.15) is 12.2 Å². The molecule has 2 atom stereocenters. The predicted molar refractivity (Wildman–Crippen MR) is 78.8 cm³/mol. The lowest BCUT2D eigenvalue weighted by Gasteiger charge is -2.21. The SMILES string of the molecule is COC1CCC(NC(=O)NCc2ncnn2C(C)(C)C)C1. The molecule has 0 spiro atoms. The van der Waals surface area contributed by atoms with Crippen LogP contribution in [0, 0.1) is 0 Å². The molecule has 7 nitrogen and oxygen atoms in total. The van der Waals surface area contributed by atoms with Crippen molar-refractivity contribution in [1.29, 1.82) is 0 Å². The highest BCUT2D eigenvalue weighted by Gasteiger charge is 2.25. The minimum absolute atomic E-state index is 0.152. The highest BCUT2D eigenvalue weighted by molar-refractivity contribution is 5.74. The Balaban J connectivity index is 1.81. The summed E-state index contributed by atoms with van der Waals surface area (Å²) in [6.07, 6.45) is 4.62. The first-order valence-electron chi connectivity index (χ1n) is 7.36. The van der Waals surface area contributed by atoms with E-state index in [1.54, 1.807) is 7.11 Å². The maximum absolute atomic E-state index is 11.9. The van der Waals surface area contributed by atoms with Crippen LogP contribution < -0.4 is 10.6 Å². The summed E-state index contributed by atoms with van der Waals surface area (Å²) in [5.74, 6) is 0.749. The number of nitrogens with one attached hydrogen (secondary N) is 2. The van der Waals surface area contributed by atoms with Gasteiger partial charge in [-0.1, -0.05) is 0 Å². The number of rotatable bonds is 4. The lowest BCUT2D eigenvalue weighted by Crippen LogP contribution is -2.41. The molecule has 1 saturated carbocycles. The van der Waals surface area contributed by atoms with Gasteiger partial charge in [-0.25, -0.2) is 14.5 Å². The normalized spacial score (nSPS) is 22.3. The summed E-state index contributed by atoms with van der Waals surface area (Å²) >= 11 is 0. The van der Waals surface area contributed by atoms with Crippen molar-refractivity contribution in [2.24, 2.45) is 0 Å². The Kier molecular flexibility index (Phi) is 4.82. The van der Waals surface area contributed by atoms with E-state index in [0.29, 0.717) is 6.54 Å². The van der Waals surface area contributed by atoms with Gasteiger partial charge >= 0.3 is 6.03 Å². The third-order valence-electron chi connectivity index (χ3n) is 3.71. The number of hydrogen-bond acceptors (Lipinski definition) is 4. The van der Waals surface area contributed by atoms with E-state index in [1.807, 2.05) is 4.68 Å². The third-order valence-corrected chi connectivity index (χ3v) is 3.71. The molecule has 2 amide bonds. The van der Waals surface area contributed by atoms with Crippen molar-refractivity contribution in [2.75, 3.05) is 7.11 Å². The number of aromatic nitrogens is 3. The van der Waals surface area contributed by atoms with Gasteiger partial charge in [0.25, 0.3) is 0 Å². The predicted octanol–water partition coefficient (Wildman–Crippen LogP) is 1.40. The van der Waals surface area contributed by atoms with Crippen molar-refractivity contribution >= 4 is 6.03 Å². The van der Waals surface area contributed by atoms with Crippen molar-refractivity contribution in [2.45, 2.75) is 64.3 Å². The van der Waals surface area contributed by atoms with Gasteiger partial charge in [0.15, 0.2) is 0 Å². The summed E-state index contributed by atoms with van der Waals surface area (Å²) in [4.78, 5) is 16.1. The van der Waals surface area contributed by atoms with Crippen LogP contribution in [-0.4, -0.2) is 40.1 Å². The second kappa shape index (κ2) is 6.43. The van der Waals surface area contributed by atoms with Gasteiger partial charge in [0.05, 0.1) is 18.2 Å². The van der Waals surface area contributed by atoms with Crippen LogP contribution in [0.15, 0.2) is 6.33 Å². The monoisotopic (exact) mass is 295 g/mol. The maximum atomic E-state index is 11.9. The first kappa shape index (κ1) is 15.8. The van der Waals surface area contributed by atoms with Crippen LogP contribution >= 0.6 is 0 Å². The van der Waals surface area contributed by atoms with Gasteiger partial charge in [-0.3, -0.25) is 0 Å². The Labute approximate surface area is 125 Å². The largest absolute Gasteiger partial charge is 0.381 e. The Bertz CT molecular complexity index is 480. The minimum Gasteiger partial charge on any atom is -0.381 e. The molecule has 1 aromatic heterocycles. The summed E-state index contributed by atoms with van der Waals surface area (Å²) in [6, 6.07) is 0.0237. The number of carbonyl (C=O) groups excluding carboxylic acids is 1. The molecule has 1 heterocycles. The van der Waals surface area contributed by atoms with Gasteiger partial charge in [0.2, 0.25) is 0 Å². The number of hydrogen-bond donors (Lipinski definition) is 2. The van der Waals surface area contributed by atoms with E-state index in [-0.39, 0.29) is 23.7 Å². The fourth-order valence-electron chi connectivity index (χ4n) is 2.63. The molecular formula is C14H25N5O2. The van der Waals surface area contributed by atoms with E-state index in [0.717, 1.165) is 25.1 Å². The minimum atomic E-state index is -0.166. The van der Waals surface area contributed by atoms with Crippen LogP contribution in [0.2, 0.25) is 0 Å². The van der Waals surface area contributed by atoms with E-state index in [1.165, 1.54) is 6.33 Å². The van der Waals surface area contributed by atoms with Gasteiger partial charge in [0, 0.05) is 13.2 Å². The molecule has 118 valence electrons. The number of ether oxygens (including phenoxy) is 1. The fraction of sp³-hybridized carbons (Fsp3) is 0.786. The second-order valence-corrected chi connectivity index (χ2v) is 6.45. The van der Waals surface area contributed by atoms with Gasteiger partial charge in [-0.2, -0.15) is 5.10 Å². The van der Waals surface area contributed by atoms with Crippen molar-refractivity contribution < 1.29 is 9.53 Å². The molecule has 2 unspecified atom stereocenters. The van der Waals surface area contributed by atoms with E-state index < -0.39 is 0 Å². The molecule has 2 N–H and O–H groups in total. The first-order valence-corrected chi connectivity index (χ1v) is 7.36. The van der Waals surface area contributed by atoms with E-state index >= 15 is 0 Å². The van der Waals surface area contributed by atoms with Crippen molar-refractivity contribution in [3.63, 3.8) is 0 Å². The van der Waals surface area contributed by atoms with Crippen LogP contribution in [0.3, 0.4) is 0 Å². The van der Waals surface area contributed by atoms with Gasteiger partial charge in [-0.05, 0) is 40.0 Å². The molecule has 2 rings (SSSR count). The molecule has 0 aliphatic heterocycles. The fourth-order valence-corrected chi connectivity index (χ4v) is 2.63. The average Bonchev–Trinajstić information content (AvgIpc) is 3.03. The van der Waals surface area contributed by atoms with Crippen molar-refractivity contribution in [1.82, 2.24) is 25.4 Å². The van der Waals surface area contributed by atoms with Crippen molar-refractivity contribution in [3.8, 4) is 0 Å². The van der Waals surface area contributed by atoms with Crippen LogP contribution in [0.1, 0.15) is 45.9 Å². The summed E-state index contributed by atoms with van der Waals surface area (Å²) in [5, 5.41) is 10.0. The Hall–Kier alpha value is -1.63. The second-order valence-electron chi connectivity index (χ2n) is 6.45. The number of amides is 2. The van der Waals surface area contributed by atoms with Gasteiger partial charge < -0.3 is 15.4 Å². The molecule has 1 aliphatic rings. The molecule has 0 radical (unpaired) electrons. The van der Waals surface area contributed by atoms with E-state index in [9.17, 15) is 4.79 Å². The average molecular weight is 295 g/mol. The highest BCUT2D eigenvalue weighted by atomic mass is 16.5. The van der Waals surface area contributed by atoms with Crippen LogP contribution in [0.5, 0.6) is 0 Å². The molecule has 1 aliphatic carbocycles. The molecule has 0 aromatic carbocycles. The van der Waals surface area contributed by atoms with Crippen LogP contribution in [0.25, 0.3) is 0 Å². The standard InChI is InChI=1S/C14H25N5O2/c1-14(2,3)19-12(16-9-17-19)8-15-13(20)18-10-5-6-11(7-10)21-4/h9-11H,5-8H2,1-4H3,(H2,15,18,20). The highest BCUT2D eigenvalue weighted by Crippen LogP contribution is 2.21. The summed E-state index contributed by atoms with van der Waals surface area (Å²) in [6.45, 7) is 6.52. The summed E-state index contributed by atoms with van der Waals surface area (Å²) < 4.78 is 7.12. The van der Waals surface area contributed by atoms with E-state index in [2.05, 4.69) is 41.5 Å². The van der Waals surface area contributed by atoms with E-state index in [4.69, 9.17) is 4.74 Å². The molecule has 21 heavy (non-hydrogen) atoms. The van der Waals surface area contributed by atoms with Crippen LogP contribution in [0.4, 0.5) is 4.79 Å². The summed E-state index contributed by atoms with van der Waals surface area (Å²) in [5.41, 5.74) is -0.152. The smallest absolute Gasteiger partial charge is 0.315 e. The Morgan fingerprint density at radius 2 is 2.24 bits per heavy atom. The summed E-state index contributed by atoms with van der Waals surface area (Å²) in [7, 11) is 1.71. The zero-order valence-electron chi connectivity index (χ0n) is 13.2. The molecule has 1 aromatic rings. The maximum Gasteiger partial charge on any atom is 0.315 e. The molecule has 7 heteroatoms. The zero-order valence-corrected chi connectivity index (χ0v) is 13.2.